The molecule has 0 aliphatic rings. The second-order valence-electron chi connectivity index (χ2n) is 5.92. The van der Waals surface area contributed by atoms with E-state index < -0.39 is 5.43 Å². The molecule has 0 atom stereocenters. The maximum atomic E-state index is 13.3. The number of aliphatic hydroxyl groups is 1. The summed E-state index contributed by atoms with van der Waals surface area (Å²) in [5.41, 5.74) is 7.53. The zero-order chi connectivity index (χ0) is 23.3. The van der Waals surface area contributed by atoms with Crippen LogP contribution in [0, 0.1) is 32.6 Å². The number of aliphatic hydroxyl groups excluding tert-OH is 1. The Morgan fingerprint density at radius 3 is 2.07 bits per heavy atom. The van der Waals surface area contributed by atoms with E-state index in [2.05, 4.69) is 49.9 Å². The smallest absolute Gasteiger partial charge is 0.403 e. The van der Waals surface area contributed by atoms with Crippen LogP contribution < -0.4 is 5.73 Å². The Kier molecular flexibility index (Phi) is 16.0. The van der Waals surface area contributed by atoms with E-state index in [1.807, 2.05) is 19.9 Å². The molecular weight excluding hydrogens is 665 g/mol. The molecular formula is C20H23Cl2F2I2NO3. The predicted octanol–water partition coefficient (Wildman–Crippen LogP) is 6.59. The van der Waals surface area contributed by atoms with Crippen molar-refractivity contribution in [1.82, 2.24) is 0 Å². The number of carbonyl (C=O) groups is 1. The van der Waals surface area contributed by atoms with Gasteiger partial charge in [0, 0.05) is 25.3 Å². The minimum atomic E-state index is -0.805. The first-order valence-corrected chi connectivity index (χ1v) is 11.7. The van der Waals surface area contributed by atoms with E-state index >= 15 is 0 Å². The van der Waals surface area contributed by atoms with Crippen LogP contribution in [0.1, 0.15) is 23.1 Å². The number of benzene rings is 2. The summed E-state index contributed by atoms with van der Waals surface area (Å²) >= 11 is 14.0. The van der Waals surface area contributed by atoms with Crippen molar-refractivity contribution in [3.05, 3.63) is 59.7 Å². The van der Waals surface area contributed by atoms with Crippen LogP contribution in [0.25, 0.3) is 0 Å². The number of rotatable bonds is 5. The lowest BCUT2D eigenvalue weighted by Crippen LogP contribution is -1.96. The Morgan fingerprint density at radius 1 is 1.10 bits per heavy atom. The van der Waals surface area contributed by atoms with Gasteiger partial charge < -0.3 is 15.6 Å². The van der Waals surface area contributed by atoms with Crippen LogP contribution in [0.5, 0.6) is 0 Å². The highest BCUT2D eigenvalue weighted by atomic mass is 127. The third kappa shape index (κ3) is 12.4. The predicted molar refractivity (Wildman–Crippen MR) is 135 cm³/mol. The van der Waals surface area contributed by atoms with Gasteiger partial charge in [0.15, 0.2) is 0 Å². The third-order valence-corrected chi connectivity index (χ3v) is 6.09. The zero-order valence-electron chi connectivity index (χ0n) is 16.5. The summed E-state index contributed by atoms with van der Waals surface area (Å²) < 4.78 is 31.9. The summed E-state index contributed by atoms with van der Waals surface area (Å²) in [7, 11) is 0. The number of nitrogens with two attached hydrogens (primary N) is 1. The van der Waals surface area contributed by atoms with Crippen LogP contribution >= 0.6 is 68.4 Å². The molecule has 0 saturated carbocycles. The summed E-state index contributed by atoms with van der Waals surface area (Å²) in [6, 6.07) is 6.47. The maximum absolute atomic E-state index is 13.3. The van der Waals surface area contributed by atoms with Gasteiger partial charge >= 0.3 is 5.43 Å². The lowest BCUT2D eigenvalue weighted by Gasteiger charge is -2.05. The summed E-state index contributed by atoms with van der Waals surface area (Å²) in [5.74, 6) is -0.211. The Morgan fingerprint density at radius 2 is 1.63 bits per heavy atom. The minimum Gasteiger partial charge on any atom is -0.452 e. The number of alkyl halides is 1. The normalized spacial score (nSPS) is 9.77. The van der Waals surface area contributed by atoms with Gasteiger partial charge in [0.25, 0.3) is 0 Å². The Balaban J connectivity index is 0.000000442. The molecule has 0 unspecified atom stereocenters. The lowest BCUT2D eigenvalue weighted by molar-refractivity contribution is 0.180. The van der Waals surface area contributed by atoms with Gasteiger partial charge in [-0.1, -0.05) is 6.07 Å². The first-order chi connectivity index (χ1) is 14.0. The number of aryl methyl sites for hydroxylation is 3. The number of anilines is 1. The molecule has 168 valence electrons. The van der Waals surface area contributed by atoms with Gasteiger partial charge in [-0.15, -0.1) is 11.6 Å². The highest BCUT2D eigenvalue weighted by Gasteiger charge is 2.05. The molecule has 0 aliphatic carbocycles. The molecule has 0 heterocycles. The van der Waals surface area contributed by atoms with Crippen molar-refractivity contribution in [1.29, 1.82) is 0 Å². The largest absolute Gasteiger partial charge is 0.452 e. The molecule has 0 radical (unpaired) electrons. The minimum absolute atomic E-state index is 0.116. The number of hydrogen-bond acceptors (Lipinski definition) is 4. The van der Waals surface area contributed by atoms with Crippen LogP contribution in [0.4, 0.5) is 19.3 Å². The fraction of sp³-hybridized carbons (Fsp3) is 0.350. The van der Waals surface area contributed by atoms with E-state index in [9.17, 15) is 13.6 Å². The number of hydrogen-bond donors (Lipinski definition) is 2. The summed E-state index contributed by atoms with van der Waals surface area (Å²) in [5, 5.41) is 8.62. The third-order valence-electron chi connectivity index (χ3n) is 3.50. The summed E-state index contributed by atoms with van der Waals surface area (Å²) in [4.78, 5) is 9.69. The number of ether oxygens (including phenoxy) is 1. The molecule has 0 amide bonds. The lowest BCUT2D eigenvalue weighted by atomic mass is 10.1. The van der Waals surface area contributed by atoms with E-state index in [1.165, 1.54) is 6.07 Å². The van der Waals surface area contributed by atoms with Crippen molar-refractivity contribution in [2.75, 3.05) is 24.8 Å². The van der Waals surface area contributed by atoms with Gasteiger partial charge in [-0.25, -0.2) is 13.6 Å². The standard InChI is InChI=1S/C10H12FIO.C7H7FIN.C3H4Cl2O2/c1-7-5-8(3-2-4-13)9(11)6-10(7)12;1-4-2-7(10)5(8)3-6(4)9;4-1-2-7-3(5)6/h5-6,13H,2-4H2,1H3;2-3H,10H2,1H3;1-2H2. The molecule has 2 rings (SSSR count). The van der Waals surface area contributed by atoms with Crippen LogP contribution in [-0.2, 0) is 11.2 Å². The van der Waals surface area contributed by atoms with Crippen molar-refractivity contribution in [3.8, 4) is 0 Å². The van der Waals surface area contributed by atoms with Crippen LogP contribution in [0.2, 0.25) is 0 Å². The summed E-state index contributed by atoms with van der Waals surface area (Å²) in [6.07, 6.45) is 1.23. The van der Waals surface area contributed by atoms with E-state index in [0.29, 0.717) is 24.3 Å². The number of halogens is 6. The van der Waals surface area contributed by atoms with Gasteiger partial charge in [0.1, 0.15) is 18.2 Å². The fourth-order valence-electron chi connectivity index (χ4n) is 1.98. The molecule has 2 aromatic carbocycles. The van der Waals surface area contributed by atoms with Crippen LogP contribution in [-0.4, -0.2) is 29.6 Å². The zero-order valence-corrected chi connectivity index (χ0v) is 22.3. The Hall–Kier alpha value is -0.430. The van der Waals surface area contributed by atoms with Crippen LogP contribution in [0.15, 0.2) is 24.3 Å². The Bertz CT molecular complexity index is 777. The maximum Gasteiger partial charge on any atom is 0.403 e. The average molecular weight is 688 g/mol. The average Bonchev–Trinajstić information content (AvgIpc) is 2.67. The first kappa shape index (κ1) is 29.6. The Labute approximate surface area is 212 Å². The van der Waals surface area contributed by atoms with Gasteiger partial charge in [-0.2, -0.15) is 0 Å². The molecule has 2 aromatic rings. The van der Waals surface area contributed by atoms with E-state index in [-0.39, 0.29) is 30.5 Å². The molecule has 3 N–H and O–H groups in total. The second kappa shape index (κ2) is 16.2. The van der Waals surface area contributed by atoms with Gasteiger partial charge in [0.2, 0.25) is 0 Å². The van der Waals surface area contributed by atoms with E-state index in [0.717, 1.165) is 18.3 Å². The van der Waals surface area contributed by atoms with Crippen molar-refractivity contribution in [2.24, 2.45) is 0 Å². The molecule has 0 aliphatic heterocycles. The molecule has 10 heteroatoms. The quantitative estimate of drug-likeness (QED) is 0.161. The second-order valence-corrected chi connectivity index (χ2v) is 8.93. The summed E-state index contributed by atoms with van der Waals surface area (Å²) in [6.45, 7) is 4.16. The van der Waals surface area contributed by atoms with Crippen molar-refractivity contribution in [3.63, 3.8) is 0 Å². The first-order valence-electron chi connectivity index (χ1n) is 8.68. The molecule has 0 spiro atoms. The molecule has 0 fully saturated rings. The number of carbonyl (C=O) groups excluding carboxylic acids is 1. The SMILES string of the molecule is Cc1cc(CCCO)c(F)cc1I.Cc1cc(N)c(F)cc1I.O=C(Cl)OCCCl. The van der Waals surface area contributed by atoms with Crippen molar-refractivity contribution in [2.45, 2.75) is 26.7 Å². The molecule has 0 saturated heterocycles. The van der Waals surface area contributed by atoms with Gasteiger partial charge in [0.05, 0.1) is 11.6 Å². The fourth-order valence-corrected chi connectivity index (χ4v) is 2.99. The topological polar surface area (TPSA) is 72.5 Å². The molecule has 4 nitrogen and oxygen atoms in total. The van der Waals surface area contributed by atoms with Crippen LogP contribution in [0.3, 0.4) is 0 Å². The molecule has 0 aromatic heterocycles. The van der Waals surface area contributed by atoms with E-state index in [1.54, 1.807) is 12.1 Å². The van der Waals surface area contributed by atoms with Gasteiger partial charge in [-0.05, 0) is 107 Å². The number of nitrogen functional groups attached to an aromatic ring is 1. The van der Waals surface area contributed by atoms with E-state index in [4.69, 9.17) is 34.0 Å². The molecule has 30 heavy (non-hydrogen) atoms. The monoisotopic (exact) mass is 687 g/mol. The van der Waals surface area contributed by atoms with Crippen molar-refractivity contribution < 1.29 is 23.4 Å². The highest BCUT2D eigenvalue weighted by molar-refractivity contribution is 14.1. The van der Waals surface area contributed by atoms with Crippen molar-refractivity contribution >= 4 is 79.5 Å². The van der Waals surface area contributed by atoms with Gasteiger partial charge in [-0.3, -0.25) is 0 Å². The highest BCUT2D eigenvalue weighted by Crippen LogP contribution is 2.19. The molecule has 0 bridgehead atoms.